The van der Waals surface area contributed by atoms with Crippen molar-refractivity contribution in [2.24, 2.45) is 5.84 Å². The molecule has 1 atom stereocenters. The summed E-state index contributed by atoms with van der Waals surface area (Å²) in [5.41, 5.74) is 3.89. The van der Waals surface area contributed by atoms with Crippen molar-refractivity contribution in [3.8, 4) is 0 Å². The first-order valence-corrected chi connectivity index (χ1v) is 5.71. The molecule has 0 saturated carbocycles. The van der Waals surface area contributed by atoms with Crippen molar-refractivity contribution >= 4 is 22.9 Å². The topological polar surface area (TPSA) is 51.2 Å². The normalized spacial score (nSPS) is 12.9. The number of thiophene rings is 1. The highest BCUT2D eigenvalue weighted by Gasteiger charge is 2.13. The summed E-state index contributed by atoms with van der Waals surface area (Å²) in [6.07, 6.45) is 4.17. The van der Waals surface area contributed by atoms with E-state index in [1.54, 1.807) is 12.5 Å². The van der Waals surface area contributed by atoms with Crippen molar-refractivity contribution < 1.29 is 4.42 Å². The number of hydrazine groups is 1. The molecule has 0 aliphatic carbocycles. The molecule has 0 spiro atoms. The van der Waals surface area contributed by atoms with E-state index in [-0.39, 0.29) is 6.04 Å². The molecule has 0 aliphatic rings. The molecular weight excluding hydrogens is 232 g/mol. The SMILES string of the molecule is NNC(Cc1ccoc1)c1ccc(Cl)s1. The van der Waals surface area contributed by atoms with Gasteiger partial charge in [0, 0.05) is 4.88 Å². The van der Waals surface area contributed by atoms with Gasteiger partial charge in [0.15, 0.2) is 0 Å². The number of hydrogen-bond acceptors (Lipinski definition) is 4. The molecule has 0 aliphatic heterocycles. The monoisotopic (exact) mass is 242 g/mol. The molecule has 15 heavy (non-hydrogen) atoms. The van der Waals surface area contributed by atoms with E-state index in [9.17, 15) is 0 Å². The van der Waals surface area contributed by atoms with Crippen LogP contribution in [0.4, 0.5) is 0 Å². The zero-order valence-corrected chi connectivity index (χ0v) is 9.52. The maximum absolute atomic E-state index is 5.87. The van der Waals surface area contributed by atoms with Gasteiger partial charge < -0.3 is 4.42 Å². The molecule has 0 amide bonds. The minimum Gasteiger partial charge on any atom is -0.472 e. The van der Waals surface area contributed by atoms with Gasteiger partial charge in [0.25, 0.3) is 0 Å². The Morgan fingerprint density at radius 2 is 2.33 bits per heavy atom. The van der Waals surface area contributed by atoms with E-state index >= 15 is 0 Å². The Morgan fingerprint density at radius 3 is 2.87 bits per heavy atom. The van der Waals surface area contributed by atoms with Gasteiger partial charge in [-0.3, -0.25) is 11.3 Å². The number of nitrogens with two attached hydrogens (primary N) is 1. The molecule has 3 nitrogen and oxygen atoms in total. The number of hydrogen-bond donors (Lipinski definition) is 2. The Morgan fingerprint density at radius 1 is 1.47 bits per heavy atom. The average molecular weight is 243 g/mol. The average Bonchev–Trinajstić information content (AvgIpc) is 2.85. The molecule has 2 aromatic heterocycles. The molecule has 0 fully saturated rings. The molecule has 0 radical (unpaired) electrons. The van der Waals surface area contributed by atoms with Crippen molar-refractivity contribution in [2.45, 2.75) is 12.5 Å². The predicted octanol–water partition coefficient (Wildman–Crippen LogP) is 2.74. The van der Waals surface area contributed by atoms with Gasteiger partial charge in [-0.1, -0.05) is 11.6 Å². The van der Waals surface area contributed by atoms with Crippen molar-refractivity contribution in [1.82, 2.24) is 5.43 Å². The lowest BCUT2D eigenvalue weighted by Gasteiger charge is -2.12. The third kappa shape index (κ3) is 2.60. The Balaban J connectivity index is 2.11. The minimum absolute atomic E-state index is 0.0834. The van der Waals surface area contributed by atoms with Crippen LogP contribution in [0.1, 0.15) is 16.5 Å². The highest BCUT2D eigenvalue weighted by atomic mass is 35.5. The van der Waals surface area contributed by atoms with Crippen molar-refractivity contribution in [3.05, 3.63) is 45.5 Å². The highest BCUT2D eigenvalue weighted by molar-refractivity contribution is 7.16. The van der Waals surface area contributed by atoms with Crippen LogP contribution in [0.5, 0.6) is 0 Å². The van der Waals surface area contributed by atoms with Gasteiger partial charge in [-0.2, -0.15) is 0 Å². The highest BCUT2D eigenvalue weighted by Crippen LogP contribution is 2.28. The first-order chi connectivity index (χ1) is 7.29. The third-order valence-corrected chi connectivity index (χ3v) is 3.50. The minimum atomic E-state index is 0.0834. The lowest BCUT2D eigenvalue weighted by atomic mass is 10.1. The van der Waals surface area contributed by atoms with Crippen LogP contribution < -0.4 is 11.3 Å². The quantitative estimate of drug-likeness (QED) is 0.640. The molecule has 3 N–H and O–H groups in total. The van der Waals surface area contributed by atoms with E-state index in [4.69, 9.17) is 21.9 Å². The van der Waals surface area contributed by atoms with E-state index in [2.05, 4.69) is 5.43 Å². The summed E-state index contributed by atoms with van der Waals surface area (Å²) in [6.45, 7) is 0. The Labute approximate surface area is 96.8 Å². The van der Waals surface area contributed by atoms with Crippen molar-refractivity contribution in [2.75, 3.05) is 0 Å². The van der Waals surface area contributed by atoms with Crippen LogP contribution in [0.25, 0.3) is 0 Å². The second-order valence-electron chi connectivity index (χ2n) is 3.20. The first-order valence-electron chi connectivity index (χ1n) is 4.52. The third-order valence-electron chi connectivity index (χ3n) is 2.16. The molecule has 2 heterocycles. The van der Waals surface area contributed by atoms with Crippen LogP contribution in [0.3, 0.4) is 0 Å². The molecule has 0 aromatic carbocycles. The second kappa shape index (κ2) is 4.81. The summed E-state index contributed by atoms with van der Waals surface area (Å²) in [6, 6.07) is 5.87. The van der Waals surface area contributed by atoms with Gasteiger partial charge in [-0.05, 0) is 30.2 Å². The van der Waals surface area contributed by atoms with Crippen LogP contribution >= 0.6 is 22.9 Å². The standard InChI is InChI=1S/C10H11ClN2OS/c11-10-2-1-9(15-10)8(13-12)5-7-3-4-14-6-7/h1-4,6,8,13H,5,12H2. The molecule has 2 rings (SSSR count). The van der Waals surface area contributed by atoms with Gasteiger partial charge in [-0.25, -0.2) is 0 Å². The van der Waals surface area contributed by atoms with E-state index in [0.29, 0.717) is 0 Å². The summed E-state index contributed by atoms with van der Waals surface area (Å²) < 4.78 is 5.79. The van der Waals surface area contributed by atoms with Crippen molar-refractivity contribution in [1.29, 1.82) is 0 Å². The van der Waals surface area contributed by atoms with Crippen LogP contribution in [0.2, 0.25) is 4.34 Å². The summed E-state index contributed by atoms with van der Waals surface area (Å²) in [4.78, 5) is 1.13. The molecule has 1 unspecified atom stereocenters. The van der Waals surface area contributed by atoms with Gasteiger partial charge in [0.1, 0.15) is 0 Å². The number of halogens is 1. The van der Waals surface area contributed by atoms with Gasteiger partial charge in [0.05, 0.1) is 22.9 Å². The van der Waals surface area contributed by atoms with Crippen LogP contribution in [-0.2, 0) is 6.42 Å². The lowest BCUT2D eigenvalue weighted by molar-refractivity contribution is 0.541. The maximum Gasteiger partial charge on any atom is 0.0935 e. The molecular formula is C10H11ClN2OS. The molecule has 2 aromatic rings. The largest absolute Gasteiger partial charge is 0.472 e. The van der Waals surface area contributed by atoms with E-state index in [0.717, 1.165) is 21.2 Å². The Bertz CT molecular complexity index is 413. The Hall–Kier alpha value is -0.810. The first kappa shape index (κ1) is 10.7. The van der Waals surface area contributed by atoms with E-state index in [1.807, 2.05) is 18.2 Å². The number of nitrogens with one attached hydrogen (secondary N) is 1. The van der Waals surface area contributed by atoms with Crippen LogP contribution in [-0.4, -0.2) is 0 Å². The van der Waals surface area contributed by atoms with Crippen LogP contribution in [0.15, 0.2) is 35.1 Å². The van der Waals surface area contributed by atoms with Crippen LogP contribution in [0, 0.1) is 0 Å². The fourth-order valence-electron chi connectivity index (χ4n) is 1.40. The molecule has 0 saturated heterocycles. The summed E-state index contributed by atoms with van der Waals surface area (Å²) in [5.74, 6) is 5.51. The lowest BCUT2D eigenvalue weighted by Crippen LogP contribution is -2.28. The molecule has 5 heteroatoms. The van der Waals surface area contributed by atoms with Gasteiger partial charge in [0.2, 0.25) is 0 Å². The molecule has 80 valence electrons. The fraction of sp³-hybridized carbons (Fsp3) is 0.200. The molecule has 0 bridgehead atoms. The number of furan rings is 1. The number of rotatable bonds is 4. The summed E-state index contributed by atoms with van der Waals surface area (Å²) in [7, 11) is 0. The smallest absolute Gasteiger partial charge is 0.0935 e. The summed E-state index contributed by atoms with van der Waals surface area (Å²) >= 11 is 7.41. The van der Waals surface area contributed by atoms with E-state index in [1.165, 1.54) is 11.3 Å². The maximum atomic E-state index is 5.87. The predicted molar refractivity (Wildman–Crippen MR) is 61.8 cm³/mol. The van der Waals surface area contributed by atoms with Gasteiger partial charge in [-0.15, -0.1) is 11.3 Å². The fourth-order valence-corrected chi connectivity index (χ4v) is 2.52. The zero-order valence-electron chi connectivity index (χ0n) is 7.94. The Kier molecular flexibility index (Phi) is 3.43. The van der Waals surface area contributed by atoms with Gasteiger partial charge >= 0.3 is 0 Å². The van der Waals surface area contributed by atoms with E-state index < -0.39 is 0 Å². The van der Waals surface area contributed by atoms with Crippen molar-refractivity contribution in [3.63, 3.8) is 0 Å². The summed E-state index contributed by atoms with van der Waals surface area (Å²) in [5, 5.41) is 0. The second-order valence-corrected chi connectivity index (χ2v) is 4.94. The zero-order chi connectivity index (χ0) is 10.7.